The van der Waals surface area contributed by atoms with Crippen LogP contribution in [0.25, 0.3) is 0 Å². The van der Waals surface area contributed by atoms with Gasteiger partial charge < -0.3 is 9.80 Å². The summed E-state index contributed by atoms with van der Waals surface area (Å²) in [6.07, 6.45) is 1.22. The Morgan fingerprint density at radius 2 is 1.90 bits per heavy atom. The van der Waals surface area contributed by atoms with Crippen molar-refractivity contribution in [2.45, 2.75) is 32.9 Å². The van der Waals surface area contributed by atoms with E-state index in [1.54, 1.807) is 17.0 Å². The minimum Gasteiger partial charge on any atom is -0.323 e. The van der Waals surface area contributed by atoms with Crippen LogP contribution in [0.3, 0.4) is 0 Å². The number of para-hydroxylation sites is 1. The van der Waals surface area contributed by atoms with Crippen molar-refractivity contribution in [2.24, 2.45) is 0 Å². The third-order valence-electron chi connectivity index (χ3n) is 4.54. The summed E-state index contributed by atoms with van der Waals surface area (Å²) in [5, 5.41) is 11.0. The molecule has 1 saturated heterocycles. The largest absolute Gasteiger partial charge is 0.323 e. The number of nitro groups is 1. The standard InChI is InChI=1S/C15H23N3O2/c1-3-13(2)17-10-8-16(9-11-17)12-14-6-4-5-7-15(14)18(19)20/h4-7,13H,3,8-12H2,1-2H3/p+2. The van der Waals surface area contributed by atoms with Crippen molar-refractivity contribution >= 4 is 5.69 Å². The monoisotopic (exact) mass is 279 g/mol. The molecule has 0 amide bonds. The molecule has 0 saturated carbocycles. The second kappa shape index (κ2) is 6.81. The first-order chi connectivity index (χ1) is 9.61. The van der Waals surface area contributed by atoms with Crippen LogP contribution < -0.4 is 9.80 Å². The van der Waals surface area contributed by atoms with Crippen LogP contribution in [0.5, 0.6) is 0 Å². The van der Waals surface area contributed by atoms with E-state index in [-0.39, 0.29) is 10.6 Å². The summed E-state index contributed by atoms with van der Waals surface area (Å²) >= 11 is 0. The zero-order chi connectivity index (χ0) is 14.5. The lowest BCUT2D eigenvalue weighted by atomic mass is 10.1. The molecule has 0 spiro atoms. The Balaban J connectivity index is 1.95. The fraction of sp³-hybridized carbons (Fsp3) is 0.600. The molecule has 20 heavy (non-hydrogen) atoms. The fourth-order valence-corrected chi connectivity index (χ4v) is 2.99. The van der Waals surface area contributed by atoms with E-state index in [2.05, 4.69) is 13.8 Å². The van der Waals surface area contributed by atoms with Crippen LogP contribution in [0.4, 0.5) is 5.69 Å². The van der Waals surface area contributed by atoms with Crippen molar-refractivity contribution in [3.63, 3.8) is 0 Å². The van der Waals surface area contributed by atoms with Crippen molar-refractivity contribution in [1.82, 2.24) is 0 Å². The third kappa shape index (κ3) is 3.55. The number of benzene rings is 1. The molecule has 1 atom stereocenters. The molecule has 1 aliphatic heterocycles. The maximum absolute atomic E-state index is 11.0. The lowest BCUT2D eigenvalue weighted by Gasteiger charge is -2.32. The molecular weight excluding hydrogens is 254 g/mol. The molecule has 1 aromatic rings. The Kier molecular flexibility index (Phi) is 5.09. The zero-order valence-corrected chi connectivity index (χ0v) is 12.4. The zero-order valence-electron chi connectivity index (χ0n) is 12.4. The second-order valence-electron chi connectivity index (χ2n) is 5.78. The first-order valence-electron chi connectivity index (χ1n) is 7.52. The predicted molar refractivity (Wildman–Crippen MR) is 77.9 cm³/mol. The maximum atomic E-state index is 11.0. The van der Waals surface area contributed by atoms with Gasteiger partial charge in [0.05, 0.1) is 16.5 Å². The number of hydrogen-bond acceptors (Lipinski definition) is 2. The maximum Gasteiger partial charge on any atom is 0.278 e. The average molecular weight is 279 g/mol. The molecule has 1 aromatic carbocycles. The van der Waals surface area contributed by atoms with Gasteiger partial charge in [-0.2, -0.15) is 0 Å². The normalized spacial score (nSPS) is 24.3. The molecular formula is C15H25N3O2+2. The summed E-state index contributed by atoms with van der Waals surface area (Å²) in [6, 6.07) is 7.85. The molecule has 5 heteroatoms. The highest BCUT2D eigenvalue weighted by Crippen LogP contribution is 2.16. The van der Waals surface area contributed by atoms with Gasteiger partial charge in [0.25, 0.3) is 5.69 Å². The molecule has 0 aromatic heterocycles. The Labute approximate surface area is 120 Å². The number of nitrogens with zero attached hydrogens (tertiary/aromatic N) is 1. The predicted octanol–water partition coefficient (Wildman–Crippen LogP) is -0.323. The van der Waals surface area contributed by atoms with Gasteiger partial charge in [-0.05, 0) is 19.4 Å². The van der Waals surface area contributed by atoms with Gasteiger partial charge >= 0.3 is 0 Å². The summed E-state index contributed by atoms with van der Waals surface area (Å²) in [4.78, 5) is 13.9. The minimum atomic E-state index is -0.268. The van der Waals surface area contributed by atoms with Crippen LogP contribution in [0.2, 0.25) is 0 Å². The summed E-state index contributed by atoms with van der Waals surface area (Å²) in [6.45, 7) is 9.87. The molecule has 5 nitrogen and oxygen atoms in total. The van der Waals surface area contributed by atoms with Crippen LogP contribution in [0.1, 0.15) is 25.8 Å². The van der Waals surface area contributed by atoms with Gasteiger partial charge in [0.1, 0.15) is 32.7 Å². The highest BCUT2D eigenvalue weighted by atomic mass is 16.6. The van der Waals surface area contributed by atoms with E-state index in [0.29, 0.717) is 0 Å². The molecule has 110 valence electrons. The SMILES string of the molecule is CCC(C)[NH+]1CC[NH+](Cc2ccccc2[N+](=O)[O-])CC1. The van der Waals surface area contributed by atoms with E-state index < -0.39 is 0 Å². The van der Waals surface area contributed by atoms with E-state index in [1.165, 1.54) is 24.4 Å². The molecule has 0 bridgehead atoms. The van der Waals surface area contributed by atoms with Crippen LogP contribution in [-0.2, 0) is 6.54 Å². The van der Waals surface area contributed by atoms with Gasteiger partial charge in [0, 0.05) is 6.07 Å². The molecule has 2 rings (SSSR count). The first kappa shape index (κ1) is 14.9. The highest BCUT2D eigenvalue weighted by Gasteiger charge is 2.27. The van der Waals surface area contributed by atoms with Gasteiger partial charge in [0.15, 0.2) is 0 Å². The lowest BCUT2D eigenvalue weighted by Crippen LogP contribution is -3.29. The second-order valence-corrected chi connectivity index (χ2v) is 5.78. The summed E-state index contributed by atoms with van der Waals surface area (Å²) in [5.74, 6) is 0. The van der Waals surface area contributed by atoms with Crippen molar-refractivity contribution in [3.05, 3.63) is 39.9 Å². The number of nitro benzene ring substituents is 1. The fourth-order valence-electron chi connectivity index (χ4n) is 2.99. The van der Waals surface area contributed by atoms with Crippen LogP contribution in [0.15, 0.2) is 24.3 Å². The van der Waals surface area contributed by atoms with Crippen LogP contribution in [0, 0.1) is 10.1 Å². The van der Waals surface area contributed by atoms with E-state index in [0.717, 1.165) is 31.2 Å². The van der Waals surface area contributed by atoms with E-state index in [1.807, 2.05) is 12.1 Å². The number of quaternary nitrogens is 2. The molecule has 1 unspecified atom stereocenters. The smallest absolute Gasteiger partial charge is 0.278 e. The van der Waals surface area contributed by atoms with Crippen molar-refractivity contribution in [3.8, 4) is 0 Å². The van der Waals surface area contributed by atoms with Gasteiger partial charge in [-0.1, -0.05) is 19.1 Å². The van der Waals surface area contributed by atoms with Crippen molar-refractivity contribution < 1.29 is 14.7 Å². The number of piperazine rings is 1. The van der Waals surface area contributed by atoms with Gasteiger partial charge in [-0.3, -0.25) is 10.1 Å². The lowest BCUT2D eigenvalue weighted by molar-refractivity contribution is -1.03. The Hall–Kier alpha value is -1.46. The van der Waals surface area contributed by atoms with Crippen LogP contribution in [-0.4, -0.2) is 37.1 Å². The Morgan fingerprint density at radius 1 is 1.25 bits per heavy atom. The van der Waals surface area contributed by atoms with Crippen molar-refractivity contribution in [2.75, 3.05) is 26.2 Å². The quantitative estimate of drug-likeness (QED) is 0.573. The van der Waals surface area contributed by atoms with Gasteiger partial charge in [-0.15, -0.1) is 0 Å². The van der Waals surface area contributed by atoms with E-state index in [4.69, 9.17) is 0 Å². The number of hydrogen-bond donors (Lipinski definition) is 2. The third-order valence-corrected chi connectivity index (χ3v) is 4.54. The first-order valence-corrected chi connectivity index (χ1v) is 7.52. The number of rotatable bonds is 5. The summed E-state index contributed by atoms with van der Waals surface area (Å²) in [5.41, 5.74) is 1.12. The van der Waals surface area contributed by atoms with E-state index in [9.17, 15) is 10.1 Å². The molecule has 1 aliphatic rings. The minimum absolute atomic E-state index is 0.261. The Bertz CT molecular complexity index is 456. The average Bonchev–Trinajstić information content (AvgIpc) is 2.47. The molecule has 0 radical (unpaired) electrons. The highest BCUT2D eigenvalue weighted by molar-refractivity contribution is 5.39. The van der Waals surface area contributed by atoms with Crippen molar-refractivity contribution in [1.29, 1.82) is 0 Å². The molecule has 1 heterocycles. The van der Waals surface area contributed by atoms with E-state index >= 15 is 0 Å². The Morgan fingerprint density at radius 3 is 2.50 bits per heavy atom. The molecule has 0 aliphatic carbocycles. The summed E-state index contributed by atoms with van der Waals surface area (Å²) in [7, 11) is 0. The van der Waals surface area contributed by atoms with Gasteiger partial charge in [0.2, 0.25) is 0 Å². The van der Waals surface area contributed by atoms with Gasteiger partial charge in [-0.25, -0.2) is 0 Å². The molecule has 2 N–H and O–H groups in total. The topological polar surface area (TPSA) is 52.0 Å². The molecule has 1 fully saturated rings. The van der Waals surface area contributed by atoms with Crippen LogP contribution >= 0.6 is 0 Å². The summed E-state index contributed by atoms with van der Waals surface area (Å²) < 4.78 is 0. The number of nitrogens with one attached hydrogen (secondary N) is 2.